The fourth-order valence-corrected chi connectivity index (χ4v) is 2.21. The van der Waals surface area contributed by atoms with Gasteiger partial charge in [-0.2, -0.15) is 0 Å². The third-order valence-electron chi connectivity index (χ3n) is 3.41. The second kappa shape index (κ2) is 7.40. The Morgan fingerprint density at radius 1 is 1.38 bits per heavy atom. The van der Waals surface area contributed by atoms with Gasteiger partial charge in [-0.05, 0) is 46.0 Å². The van der Waals surface area contributed by atoms with Crippen molar-refractivity contribution < 1.29 is 24.2 Å². The summed E-state index contributed by atoms with van der Waals surface area (Å²) in [6.45, 7) is 8.80. The van der Waals surface area contributed by atoms with Crippen molar-refractivity contribution in [3.05, 3.63) is 12.2 Å². The Morgan fingerprint density at radius 3 is 2.48 bits per heavy atom. The third kappa shape index (κ3) is 5.79. The number of alkyl halides is 1. The molecule has 0 aromatic carbocycles. The maximum atomic E-state index is 11.7. The van der Waals surface area contributed by atoms with E-state index >= 15 is 0 Å². The molecule has 0 amide bonds. The summed E-state index contributed by atoms with van der Waals surface area (Å²) >= 11 is 3.24. The van der Waals surface area contributed by atoms with Crippen LogP contribution >= 0.6 is 15.9 Å². The van der Waals surface area contributed by atoms with Gasteiger partial charge in [0.25, 0.3) is 0 Å². The lowest BCUT2D eigenvalue weighted by Gasteiger charge is -2.32. The second-order valence-corrected chi connectivity index (χ2v) is 8.02. The van der Waals surface area contributed by atoms with Gasteiger partial charge in [0.1, 0.15) is 10.4 Å². The SMILES string of the molecule is C=C(C)C(=O)OC1CCC(COC(=O)C(C)(C)Br)CC1O. The van der Waals surface area contributed by atoms with E-state index in [0.717, 1.165) is 6.42 Å². The van der Waals surface area contributed by atoms with E-state index in [-0.39, 0.29) is 18.5 Å². The van der Waals surface area contributed by atoms with Crippen LogP contribution in [0.2, 0.25) is 0 Å². The van der Waals surface area contributed by atoms with Crippen molar-refractivity contribution in [1.82, 2.24) is 0 Å². The molecule has 0 saturated heterocycles. The number of ether oxygens (including phenoxy) is 2. The zero-order valence-corrected chi connectivity index (χ0v) is 14.3. The molecular weight excluding hydrogens is 340 g/mol. The van der Waals surface area contributed by atoms with Gasteiger partial charge in [-0.25, -0.2) is 4.79 Å². The molecule has 0 aromatic heterocycles. The predicted octanol–water partition coefficient (Wildman–Crippen LogP) is 2.35. The van der Waals surface area contributed by atoms with Crippen LogP contribution in [0.3, 0.4) is 0 Å². The zero-order valence-electron chi connectivity index (χ0n) is 12.7. The first-order valence-electron chi connectivity index (χ1n) is 7.02. The first-order chi connectivity index (χ1) is 9.61. The van der Waals surface area contributed by atoms with Crippen LogP contribution in [0.15, 0.2) is 12.2 Å². The molecule has 0 aliphatic heterocycles. The van der Waals surface area contributed by atoms with Crippen LogP contribution in [-0.4, -0.2) is 40.2 Å². The maximum absolute atomic E-state index is 11.7. The number of esters is 2. The molecule has 1 aliphatic carbocycles. The van der Waals surface area contributed by atoms with Gasteiger partial charge >= 0.3 is 11.9 Å². The molecule has 1 aliphatic rings. The minimum Gasteiger partial charge on any atom is -0.464 e. The molecule has 3 unspecified atom stereocenters. The molecule has 120 valence electrons. The number of hydrogen-bond acceptors (Lipinski definition) is 5. The van der Waals surface area contributed by atoms with Crippen LogP contribution in [0.1, 0.15) is 40.0 Å². The molecule has 5 nitrogen and oxygen atoms in total. The number of rotatable bonds is 5. The highest BCUT2D eigenvalue weighted by atomic mass is 79.9. The summed E-state index contributed by atoms with van der Waals surface area (Å²) in [6.07, 6.45) is 0.502. The van der Waals surface area contributed by atoms with Crippen LogP contribution in [0, 0.1) is 5.92 Å². The molecule has 0 heterocycles. The fourth-order valence-electron chi connectivity index (χ4n) is 2.10. The average molecular weight is 363 g/mol. The molecule has 0 spiro atoms. The molecule has 3 atom stereocenters. The average Bonchev–Trinajstić information content (AvgIpc) is 2.37. The summed E-state index contributed by atoms with van der Waals surface area (Å²) in [7, 11) is 0. The van der Waals surface area contributed by atoms with Crippen molar-refractivity contribution in [3.63, 3.8) is 0 Å². The van der Waals surface area contributed by atoms with Crippen LogP contribution in [0.4, 0.5) is 0 Å². The predicted molar refractivity (Wildman–Crippen MR) is 82.0 cm³/mol. The molecule has 1 rings (SSSR count). The van der Waals surface area contributed by atoms with E-state index in [9.17, 15) is 14.7 Å². The van der Waals surface area contributed by atoms with E-state index in [1.54, 1.807) is 20.8 Å². The van der Waals surface area contributed by atoms with Gasteiger partial charge < -0.3 is 14.6 Å². The van der Waals surface area contributed by atoms with Crippen molar-refractivity contribution in [2.24, 2.45) is 5.92 Å². The van der Waals surface area contributed by atoms with E-state index in [2.05, 4.69) is 22.5 Å². The van der Waals surface area contributed by atoms with Crippen LogP contribution in [0.5, 0.6) is 0 Å². The van der Waals surface area contributed by atoms with Gasteiger partial charge in [0.05, 0.1) is 12.7 Å². The molecule has 1 N–H and O–H groups in total. The number of carbonyl (C=O) groups excluding carboxylic acids is 2. The zero-order chi connectivity index (χ0) is 16.2. The van der Waals surface area contributed by atoms with Gasteiger partial charge in [-0.15, -0.1) is 0 Å². The molecule has 0 bridgehead atoms. The Labute approximate surface area is 133 Å². The fraction of sp³-hybridized carbons (Fsp3) is 0.733. The lowest BCUT2D eigenvalue weighted by atomic mass is 9.85. The standard InChI is InChI=1S/C15H23BrO5/c1-9(2)13(18)21-12-6-5-10(7-11(12)17)8-20-14(19)15(3,4)16/h10-12,17H,1,5-8H2,2-4H3. The van der Waals surface area contributed by atoms with E-state index in [4.69, 9.17) is 9.47 Å². The van der Waals surface area contributed by atoms with Crippen LogP contribution in [0.25, 0.3) is 0 Å². The Bertz CT molecular complexity index is 413. The molecule has 0 aromatic rings. The Balaban J connectivity index is 2.41. The van der Waals surface area contributed by atoms with Gasteiger partial charge in [-0.3, -0.25) is 4.79 Å². The smallest absolute Gasteiger partial charge is 0.333 e. The topological polar surface area (TPSA) is 72.8 Å². The molecule has 1 saturated carbocycles. The molecule has 21 heavy (non-hydrogen) atoms. The van der Waals surface area contributed by atoms with Gasteiger partial charge in [0.15, 0.2) is 0 Å². The molecule has 6 heteroatoms. The lowest BCUT2D eigenvalue weighted by molar-refractivity contribution is -0.156. The Hall–Kier alpha value is -0.880. The van der Waals surface area contributed by atoms with Crippen LogP contribution in [-0.2, 0) is 19.1 Å². The quantitative estimate of drug-likeness (QED) is 0.461. The van der Waals surface area contributed by atoms with Gasteiger partial charge in [0, 0.05) is 5.57 Å². The van der Waals surface area contributed by atoms with E-state index < -0.39 is 22.5 Å². The number of aliphatic hydroxyl groups is 1. The van der Waals surface area contributed by atoms with Crippen molar-refractivity contribution in [1.29, 1.82) is 0 Å². The summed E-state index contributed by atoms with van der Waals surface area (Å²) in [4.78, 5) is 23.1. The Kier molecular flexibility index (Phi) is 6.41. The maximum Gasteiger partial charge on any atom is 0.333 e. The summed E-state index contributed by atoms with van der Waals surface area (Å²) in [5.41, 5.74) is 0.317. The van der Waals surface area contributed by atoms with Crippen molar-refractivity contribution >= 4 is 27.9 Å². The first kappa shape index (κ1) is 18.2. The minimum absolute atomic E-state index is 0.0820. The van der Waals surface area contributed by atoms with Gasteiger partial charge in [-0.1, -0.05) is 22.5 Å². The largest absolute Gasteiger partial charge is 0.464 e. The number of halogens is 1. The van der Waals surface area contributed by atoms with Crippen molar-refractivity contribution in [2.75, 3.05) is 6.61 Å². The lowest BCUT2D eigenvalue weighted by Crippen LogP contribution is -2.39. The molecule has 0 radical (unpaired) electrons. The van der Waals surface area contributed by atoms with Crippen molar-refractivity contribution in [2.45, 2.75) is 56.6 Å². The Morgan fingerprint density at radius 2 is 2.00 bits per heavy atom. The summed E-state index contributed by atoms with van der Waals surface area (Å²) in [6, 6.07) is 0. The van der Waals surface area contributed by atoms with Gasteiger partial charge in [0.2, 0.25) is 0 Å². The monoisotopic (exact) mass is 362 g/mol. The minimum atomic E-state index is -0.734. The summed E-state index contributed by atoms with van der Waals surface area (Å²) < 4.78 is 9.71. The summed E-state index contributed by atoms with van der Waals surface area (Å²) in [5, 5.41) is 10.0. The number of carbonyl (C=O) groups is 2. The normalized spacial score (nSPS) is 26.0. The highest BCUT2D eigenvalue weighted by Crippen LogP contribution is 2.28. The van der Waals surface area contributed by atoms with E-state index in [0.29, 0.717) is 18.4 Å². The van der Waals surface area contributed by atoms with Crippen molar-refractivity contribution in [3.8, 4) is 0 Å². The number of hydrogen-bond donors (Lipinski definition) is 1. The first-order valence-corrected chi connectivity index (χ1v) is 7.81. The van der Waals surface area contributed by atoms with E-state index in [1.807, 2.05) is 0 Å². The van der Waals surface area contributed by atoms with Crippen LogP contribution < -0.4 is 0 Å². The highest BCUT2D eigenvalue weighted by Gasteiger charge is 2.33. The molecule has 1 fully saturated rings. The second-order valence-electron chi connectivity index (χ2n) is 6.04. The number of aliphatic hydroxyl groups excluding tert-OH is 1. The summed E-state index contributed by atoms with van der Waals surface area (Å²) in [5.74, 6) is -0.726. The molecular formula is C15H23BrO5. The van der Waals surface area contributed by atoms with E-state index in [1.165, 1.54) is 0 Å². The highest BCUT2D eigenvalue weighted by molar-refractivity contribution is 9.10. The third-order valence-corrected chi connectivity index (χ3v) is 3.73.